The lowest BCUT2D eigenvalue weighted by molar-refractivity contribution is 1.07. The van der Waals surface area contributed by atoms with Crippen LogP contribution in [0.4, 0.5) is 0 Å². The SMILES string of the molecule is c1ccc(-c2nc(-c3ccccc3)nc(-c3ccc(-n4c5ccccc5c5cc6c7cc8ccccc8cc7n(-c7ccccc7)c6cc54)cc3)n2)cc1. The summed E-state index contributed by atoms with van der Waals surface area (Å²) in [5.74, 6) is 1.94. The van der Waals surface area contributed by atoms with Crippen LogP contribution in [-0.2, 0) is 0 Å². The zero-order valence-electron chi connectivity index (χ0n) is 29.1. The quantitative estimate of drug-likeness (QED) is 0.181. The van der Waals surface area contributed by atoms with Gasteiger partial charge in [0.1, 0.15) is 0 Å². The van der Waals surface area contributed by atoms with Gasteiger partial charge in [0, 0.05) is 49.6 Å². The van der Waals surface area contributed by atoms with Crippen molar-refractivity contribution in [1.82, 2.24) is 24.1 Å². The molecule has 3 aromatic heterocycles. The van der Waals surface area contributed by atoms with Gasteiger partial charge in [0.2, 0.25) is 0 Å². The number of aromatic nitrogens is 5. The highest BCUT2D eigenvalue weighted by Crippen LogP contribution is 2.41. The summed E-state index contributed by atoms with van der Waals surface area (Å²) in [7, 11) is 0. The monoisotopic (exact) mass is 689 g/mol. The van der Waals surface area contributed by atoms with Gasteiger partial charge >= 0.3 is 0 Å². The molecule has 8 aromatic carbocycles. The van der Waals surface area contributed by atoms with E-state index in [0.717, 1.165) is 39.1 Å². The van der Waals surface area contributed by atoms with E-state index in [2.05, 4.69) is 137 Å². The molecule has 0 spiro atoms. The first-order valence-electron chi connectivity index (χ1n) is 18.2. The van der Waals surface area contributed by atoms with Gasteiger partial charge in [0.15, 0.2) is 17.5 Å². The average Bonchev–Trinajstić information content (AvgIpc) is 3.74. The van der Waals surface area contributed by atoms with Crippen LogP contribution in [0.25, 0.3) is 99.9 Å². The van der Waals surface area contributed by atoms with Crippen LogP contribution in [0.15, 0.2) is 188 Å². The lowest BCUT2D eigenvalue weighted by atomic mass is 10.0. The van der Waals surface area contributed by atoms with E-state index in [0.29, 0.717) is 17.5 Å². The van der Waals surface area contributed by atoms with Gasteiger partial charge in [-0.1, -0.05) is 121 Å². The summed E-state index contributed by atoms with van der Waals surface area (Å²) in [5, 5.41) is 7.40. The Morgan fingerprint density at radius 1 is 0.278 bits per heavy atom. The van der Waals surface area contributed by atoms with Crippen LogP contribution in [0.3, 0.4) is 0 Å². The van der Waals surface area contributed by atoms with Crippen LogP contribution in [0.2, 0.25) is 0 Å². The van der Waals surface area contributed by atoms with Crippen molar-refractivity contribution < 1.29 is 0 Å². The maximum atomic E-state index is 4.97. The number of para-hydroxylation sites is 2. The molecule has 0 amide bonds. The molecule has 0 N–H and O–H groups in total. The standard InChI is InChI=1S/C49H31N5/c1-4-14-32(15-5-1)47-50-48(33-16-6-2-7-17-33)52-49(51-47)34-24-26-38(27-25-34)53-43-23-13-12-22-39(43)41-30-42-40-28-35-18-10-11-19-36(35)29-44(40)54(46(42)31-45(41)53)37-20-8-3-9-21-37/h1-31H. The molecular weight excluding hydrogens is 659 g/mol. The Hall–Kier alpha value is -7.37. The average molecular weight is 690 g/mol. The fraction of sp³-hybridized carbons (Fsp3) is 0. The minimum absolute atomic E-state index is 0.637. The summed E-state index contributed by atoms with van der Waals surface area (Å²) >= 11 is 0. The molecule has 11 rings (SSSR count). The minimum Gasteiger partial charge on any atom is -0.309 e. The second kappa shape index (κ2) is 12.1. The van der Waals surface area contributed by atoms with E-state index in [1.165, 1.54) is 43.4 Å². The highest BCUT2D eigenvalue weighted by molar-refractivity contribution is 6.20. The number of hydrogen-bond acceptors (Lipinski definition) is 3. The van der Waals surface area contributed by atoms with Crippen molar-refractivity contribution in [2.75, 3.05) is 0 Å². The molecule has 0 saturated heterocycles. The van der Waals surface area contributed by atoms with Crippen molar-refractivity contribution in [1.29, 1.82) is 0 Å². The van der Waals surface area contributed by atoms with Crippen LogP contribution in [0, 0.1) is 0 Å². The van der Waals surface area contributed by atoms with E-state index in [9.17, 15) is 0 Å². The smallest absolute Gasteiger partial charge is 0.164 e. The summed E-state index contributed by atoms with van der Waals surface area (Å²) in [6.45, 7) is 0. The highest BCUT2D eigenvalue weighted by atomic mass is 15.0. The number of nitrogens with zero attached hydrogens (tertiary/aromatic N) is 5. The molecule has 0 aliphatic rings. The number of fused-ring (bicyclic) bond motifs is 7. The van der Waals surface area contributed by atoms with E-state index in [1.54, 1.807) is 0 Å². The number of hydrogen-bond donors (Lipinski definition) is 0. The molecule has 11 aromatic rings. The molecule has 0 aliphatic carbocycles. The van der Waals surface area contributed by atoms with Crippen LogP contribution in [0.5, 0.6) is 0 Å². The zero-order chi connectivity index (χ0) is 35.6. The maximum absolute atomic E-state index is 4.97. The van der Waals surface area contributed by atoms with Gasteiger partial charge in [0.25, 0.3) is 0 Å². The van der Waals surface area contributed by atoms with E-state index in [4.69, 9.17) is 15.0 Å². The summed E-state index contributed by atoms with van der Waals surface area (Å²) < 4.78 is 4.80. The van der Waals surface area contributed by atoms with Crippen LogP contribution >= 0.6 is 0 Å². The molecule has 0 unspecified atom stereocenters. The highest BCUT2D eigenvalue weighted by Gasteiger charge is 2.19. The molecule has 252 valence electrons. The maximum Gasteiger partial charge on any atom is 0.164 e. The third-order valence-corrected chi connectivity index (χ3v) is 10.5. The summed E-state index contributed by atoms with van der Waals surface area (Å²) in [5.41, 5.74) is 9.72. The lowest BCUT2D eigenvalue weighted by Gasteiger charge is -2.11. The van der Waals surface area contributed by atoms with Crippen molar-refractivity contribution >= 4 is 54.4 Å². The Kier molecular flexibility index (Phi) is 6.79. The largest absolute Gasteiger partial charge is 0.309 e. The van der Waals surface area contributed by atoms with Gasteiger partial charge in [-0.25, -0.2) is 15.0 Å². The van der Waals surface area contributed by atoms with E-state index < -0.39 is 0 Å². The van der Waals surface area contributed by atoms with Gasteiger partial charge in [-0.05, 0) is 77.5 Å². The number of rotatable bonds is 5. The third kappa shape index (κ3) is 4.83. The normalized spacial score (nSPS) is 11.7. The van der Waals surface area contributed by atoms with E-state index in [1.807, 2.05) is 60.7 Å². The minimum atomic E-state index is 0.637. The molecule has 0 radical (unpaired) electrons. The first kappa shape index (κ1) is 30.3. The Morgan fingerprint density at radius 2 is 0.704 bits per heavy atom. The van der Waals surface area contributed by atoms with E-state index in [-0.39, 0.29) is 0 Å². The van der Waals surface area contributed by atoms with Crippen molar-refractivity contribution in [2.24, 2.45) is 0 Å². The molecule has 54 heavy (non-hydrogen) atoms. The predicted molar refractivity (Wildman–Crippen MR) is 222 cm³/mol. The van der Waals surface area contributed by atoms with E-state index >= 15 is 0 Å². The fourth-order valence-electron chi connectivity index (χ4n) is 7.99. The number of benzene rings is 8. The Bertz CT molecular complexity index is 3120. The third-order valence-electron chi connectivity index (χ3n) is 10.5. The van der Waals surface area contributed by atoms with Crippen molar-refractivity contribution in [3.63, 3.8) is 0 Å². The molecule has 5 nitrogen and oxygen atoms in total. The van der Waals surface area contributed by atoms with Gasteiger partial charge in [-0.15, -0.1) is 0 Å². The molecule has 0 fully saturated rings. The van der Waals surface area contributed by atoms with Gasteiger partial charge < -0.3 is 9.13 Å². The Labute approximate surface area is 311 Å². The summed E-state index contributed by atoms with van der Waals surface area (Å²) in [6.07, 6.45) is 0. The first-order valence-corrected chi connectivity index (χ1v) is 18.2. The first-order chi connectivity index (χ1) is 26.8. The van der Waals surface area contributed by atoms with Crippen LogP contribution in [-0.4, -0.2) is 24.1 Å². The molecule has 3 heterocycles. The second-order valence-electron chi connectivity index (χ2n) is 13.7. The Balaban J connectivity index is 1.12. The van der Waals surface area contributed by atoms with Gasteiger partial charge in [-0.3, -0.25) is 0 Å². The van der Waals surface area contributed by atoms with Crippen molar-refractivity contribution in [2.45, 2.75) is 0 Å². The molecular formula is C49H31N5. The summed E-state index contributed by atoms with van der Waals surface area (Å²) in [6, 6.07) is 66.3. The molecule has 5 heteroatoms. The summed E-state index contributed by atoms with van der Waals surface area (Å²) in [4.78, 5) is 14.8. The Morgan fingerprint density at radius 3 is 1.33 bits per heavy atom. The topological polar surface area (TPSA) is 48.5 Å². The zero-order valence-corrected chi connectivity index (χ0v) is 29.1. The molecule has 0 bridgehead atoms. The fourth-order valence-corrected chi connectivity index (χ4v) is 7.99. The van der Waals surface area contributed by atoms with Gasteiger partial charge in [-0.2, -0.15) is 0 Å². The van der Waals surface area contributed by atoms with Crippen LogP contribution in [0.1, 0.15) is 0 Å². The molecule has 0 saturated carbocycles. The van der Waals surface area contributed by atoms with Crippen molar-refractivity contribution in [3.8, 4) is 45.5 Å². The van der Waals surface area contributed by atoms with Gasteiger partial charge in [0.05, 0.1) is 22.1 Å². The van der Waals surface area contributed by atoms with Crippen molar-refractivity contribution in [3.05, 3.63) is 188 Å². The molecule has 0 atom stereocenters. The molecule has 0 aliphatic heterocycles. The second-order valence-corrected chi connectivity index (χ2v) is 13.7. The predicted octanol–water partition coefficient (Wildman–Crippen LogP) is 12.2. The van der Waals surface area contributed by atoms with Crippen LogP contribution < -0.4 is 0 Å². The lowest BCUT2D eigenvalue weighted by Crippen LogP contribution is -2.00.